The van der Waals surface area contributed by atoms with Crippen LogP contribution in [0.25, 0.3) is 0 Å². The summed E-state index contributed by atoms with van der Waals surface area (Å²) in [6.45, 7) is 5.71. The molecule has 0 aliphatic carbocycles. The number of amides is 1. The Bertz CT molecular complexity index is 783. The Hall–Kier alpha value is -2.76. The molecular formula is C19H22N2O4. The molecule has 2 heterocycles. The molecule has 1 N–H and O–H groups in total. The van der Waals surface area contributed by atoms with E-state index in [1.807, 2.05) is 45.0 Å². The van der Waals surface area contributed by atoms with E-state index in [1.165, 1.54) is 6.20 Å². The van der Waals surface area contributed by atoms with E-state index < -0.39 is 11.7 Å². The number of pyridine rings is 1. The summed E-state index contributed by atoms with van der Waals surface area (Å²) in [4.78, 5) is 12.0. The molecule has 1 aliphatic heterocycles. The molecule has 1 aromatic carbocycles. The lowest BCUT2D eigenvalue weighted by atomic mass is 9.95. The fraction of sp³-hybridized carbons (Fsp3) is 0.368. The van der Waals surface area contributed by atoms with Gasteiger partial charge in [-0.1, -0.05) is 18.2 Å². The zero-order valence-electron chi connectivity index (χ0n) is 14.6. The first-order valence-corrected chi connectivity index (χ1v) is 8.28. The van der Waals surface area contributed by atoms with Crippen molar-refractivity contribution in [1.82, 2.24) is 5.32 Å². The minimum atomic E-state index is -0.570. The van der Waals surface area contributed by atoms with Crippen LogP contribution in [0.4, 0.5) is 4.79 Å². The van der Waals surface area contributed by atoms with Crippen LogP contribution in [0.2, 0.25) is 0 Å². The van der Waals surface area contributed by atoms with Gasteiger partial charge in [0.15, 0.2) is 11.9 Å². The number of para-hydroxylation sites is 1. The van der Waals surface area contributed by atoms with Crippen LogP contribution >= 0.6 is 0 Å². The van der Waals surface area contributed by atoms with Crippen LogP contribution in [0.3, 0.4) is 0 Å². The van der Waals surface area contributed by atoms with Crippen molar-refractivity contribution in [3.63, 3.8) is 0 Å². The summed E-state index contributed by atoms with van der Waals surface area (Å²) >= 11 is 0. The number of nitrogens with one attached hydrogen (secondary N) is 1. The zero-order chi connectivity index (χ0) is 18.0. The third-order valence-electron chi connectivity index (χ3n) is 3.90. The predicted molar refractivity (Wildman–Crippen MR) is 92.6 cm³/mol. The number of alkyl carbamates (subject to hydrolysis) is 1. The summed E-state index contributed by atoms with van der Waals surface area (Å²) < 4.78 is 12.0. The third kappa shape index (κ3) is 4.02. The Morgan fingerprint density at radius 3 is 2.76 bits per heavy atom. The Kier molecular flexibility index (Phi) is 4.53. The smallest absolute Gasteiger partial charge is 0.407 e. The highest BCUT2D eigenvalue weighted by molar-refractivity contribution is 5.67. The van der Waals surface area contributed by atoms with E-state index in [1.54, 1.807) is 12.1 Å². The maximum absolute atomic E-state index is 12.3. The second-order valence-corrected chi connectivity index (χ2v) is 7.08. The quantitative estimate of drug-likeness (QED) is 0.671. The van der Waals surface area contributed by atoms with Crippen molar-refractivity contribution in [3.05, 3.63) is 59.1 Å². The summed E-state index contributed by atoms with van der Waals surface area (Å²) in [7, 11) is 0. The summed E-state index contributed by atoms with van der Waals surface area (Å²) in [6, 6.07) is 11.1. The minimum Gasteiger partial charge on any atom is -0.618 e. The van der Waals surface area contributed by atoms with Gasteiger partial charge in [-0.15, -0.1) is 0 Å². The van der Waals surface area contributed by atoms with Crippen molar-refractivity contribution in [1.29, 1.82) is 0 Å². The molecule has 1 atom stereocenters. The number of ether oxygens (including phenoxy) is 2. The molecule has 0 fully saturated rings. The number of hydrogen-bond donors (Lipinski definition) is 1. The second kappa shape index (κ2) is 6.63. The number of rotatable bonds is 2. The SMILES string of the molecule is CC(C)(C)OC(=O)NC[C@H]1Cc2ccccc2Oc2ccc[n+]([O-])c21. The number of benzene rings is 1. The van der Waals surface area contributed by atoms with E-state index in [9.17, 15) is 10.0 Å². The van der Waals surface area contributed by atoms with E-state index in [0.29, 0.717) is 17.9 Å². The lowest BCUT2D eigenvalue weighted by molar-refractivity contribution is -0.615. The molecule has 1 aliphatic rings. The Morgan fingerprint density at radius 1 is 1.28 bits per heavy atom. The van der Waals surface area contributed by atoms with Gasteiger partial charge in [0.1, 0.15) is 11.4 Å². The van der Waals surface area contributed by atoms with Crippen molar-refractivity contribution in [3.8, 4) is 11.5 Å². The predicted octanol–water partition coefficient (Wildman–Crippen LogP) is 3.28. The Balaban J connectivity index is 1.86. The van der Waals surface area contributed by atoms with Gasteiger partial charge in [0.25, 0.3) is 0 Å². The number of aromatic nitrogens is 1. The standard InChI is InChI=1S/C19H22N2O4/c1-19(2,3)25-18(22)20-12-14-11-13-7-4-5-8-15(13)24-16-9-6-10-21(23)17(14)16/h4-10,14H,11-12H2,1-3H3,(H,20,22)/t14-/m1/s1. The molecule has 0 radical (unpaired) electrons. The number of hydrogen-bond acceptors (Lipinski definition) is 4. The summed E-state index contributed by atoms with van der Waals surface area (Å²) in [5.41, 5.74) is 0.934. The third-order valence-corrected chi connectivity index (χ3v) is 3.90. The van der Waals surface area contributed by atoms with Crippen molar-refractivity contribution >= 4 is 6.09 Å². The van der Waals surface area contributed by atoms with Crippen LogP contribution in [-0.4, -0.2) is 18.2 Å². The second-order valence-electron chi connectivity index (χ2n) is 7.08. The molecule has 0 unspecified atom stereocenters. The van der Waals surface area contributed by atoms with Gasteiger partial charge in [-0.3, -0.25) is 0 Å². The van der Waals surface area contributed by atoms with E-state index >= 15 is 0 Å². The largest absolute Gasteiger partial charge is 0.618 e. The van der Waals surface area contributed by atoms with E-state index in [2.05, 4.69) is 5.32 Å². The average molecular weight is 342 g/mol. The van der Waals surface area contributed by atoms with Gasteiger partial charge in [0.05, 0.1) is 5.92 Å². The number of nitrogens with zero attached hydrogens (tertiary/aromatic N) is 1. The highest BCUT2D eigenvalue weighted by atomic mass is 16.6. The molecule has 25 heavy (non-hydrogen) atoms. The summed E-state index contributed by atoms with van der Waals surface area (Å²) in [5.74, 6) is 1.03. The first-order chi connectivity index (χ1) is 11.8. The first kappa shape index (κ1) is 17.1. The van der Waals surface area contributed by atoms with Crippen molar-refractivity contribution in [2.75, 3.05) is 6.54 Å². The lowest BCUT2D eigenvalue weighted by Crippen LogP contribution is -2.39. The number of carbonyl (C=O) groups is 1. The molecule has 132 valence electrons. The van der Waals surface area contributed by atoms with Crippen LogP contribution in [0.1, 0.15) is 37.9 Å². The molecule has 0 bridgehead atoms. The van der Waals surface area contributed by atoms with E-state index in [0.717, 1.165) is 16.0 Å². The fourth-order valence-electron chi connectivity index (χ4n) is 2.89. The minimum absolute atomic E-state index is 0.218. The normalized spacial score (nSPS) is 16.0. The first-order valence-electron chi connectivity index (χ1n) is 8.28. The summed E-state index contributed by atoms with van der Waals surface area (Å²) in [6.07, 6.45) is 1.53. The van der Waals surface area contributed by atoms with Crippen molar-refractivity contribution < 1.29 is 19.0 Å². The maximum atomic E-state index is 12.3. The van der Waals surface area contributed by atoms with Crippen LogP contribution in [0.15, 0.2) is 42.6 Å². The van der Waals surface area contributed by atoms with Crippen LogP contribution in [-0.2, 0) is 11.2 Å². The molecule has 0 saturated carbocycles. The zero-order valence-corrected chi connectivity index (χ0v) is 14.6. The highest BCUT2D eigenvalue weighted by Crippen LogP contribution is 2.37. The van der Waals surface area contributed by atoms with Gasteiger partial charge in [-0.25, -0.2) is 4.79 Å². The molecule has 3 rings (SSSR count). The van der Waals surface area contributed by atoms with Crippen LogP contribution in [0.5, 0.6) is 11.5 Å². The van der Waals surface area contributed by atoms with Gasteiger partial charge in [0.2, 0.25) is 5.69 Å². The summed E-state index contributed by atoms with van der Waals surface area (Å²) in [5, 5.41) is 15.1. The van der Waals surface area contributed by atoms with Crippen LogP contribution < -0.4 is 14.8 Å². The van der Waals surface area contributed by atoms with Gasteiger partial charge in [0, 0.05) is 12.6 Å². The van der Waals surface area contributed by atoms with Gasteiger partial charge in [-0.05, 0) is 44.9 Å². The molecule has 0 saturated heterocycles. The average Bonchev–Trinajstić information content (AvgIpc) is 2.68. The van der Waals surface area contributed by atoms with Gasteiger partial charge in [-0.2, -0.15) is 4.73 Å². The maximum Gasteiger partial charge on any atom is 0.407 e. The Morgan fingerprint density at radius 2 is 2.00 bits per heavy atom. The molecule has 6 nitrogen and oxygen atoms in total. The highest BCUT2D eigenvalue weighted by Gasteiger charge is 2.31. The van der Waals surface area contributed by atoms with Crippen LogP contribution in [0, 0.1) is 5.21 Å². The molecule has 6 heteroatoms. The van der Waals surface area contributed by atoms with Gasteiger partial charge >= 0.3 is 6.09 Å². The molecule has 1 aromatic heterocycles. The van der Waals surface area contributed by atoms with Crippen molar-refractivity contribution in [2.45, 2.75) is 38.7 Å². The van der Waals surface area contributed by atoms with Crippen molar-refractivity contribution in [2.24, 2.45) is 0 Å². The van der Waals surface area contributed by atoms with Gasteiger partial charge < -0.3 is 20.0 Å². The molecular weight excluding hydrogens is 320 g/mol. The number of fused-ring (bicyclic) bond motifs is 2. The van der Waals surface area contributed by atoms with E-state index in [-0.39, 0.29) is 12.5 Å². The monoisotopic (exact) mass is 342 g/mol. The van der Waals surface area contributed by atoms with E-state index in [4.69, 9.17) is 9.47 Å². The topological polar surface area (TPSA) is 74.5 Å². The fourth-order valence-corrected chi connectivity index (χ4v) is 2.89. The lowest BCUT2D eigenvalue weighted by Gasteiger charge is -2.21. The number of carbonyl (C=O) groups excluding carboxylic acids is 1. The Labute approximate surface area is 147 Å². The molecule has 1 amide bonds. The molecule has 2 aromatic rings. The molecule has 0 spiro atoms.